The van der Waals surface area contributed by atoms with Gasteiger partial charge in [-0.2, -0.15) is 0 Å². The van der Waals surface area contributed by atoms with Gasteiger partial charge in [-0.1, -0.05) is 6.07 Å². The summed E-state index contributed by atoms with van der Waals surface area (Å²) >= 11 is 0. The van der Waals surface area contributed by atoms with Crippen LogP contribution in [0.2, 0.25) is 0 Å². The fraction of sp³-hybridized carbons (Fsp3) is 0.533. The molecule has 20 heavy (non-hydrogen) atoms. The van der Waals surface area contributed by atoms with Crippen molar-refractivity contribution in [1.82, 2.24) is 5.32 Å². The van der Waals surface area contributed by atoms with Gasteiger partial charge in [0.2, 0.25) is 0 Å². The van der Waals surface area contributed by atoms with Crippen LogP contribution in [0.5, 0.6) is 11.5 Å². The third-order valence-electron chi connectivity index (χ3n) is 3.42. The van der Waals surface area contributed by atoms with Crippen molar-refractivity contribution in [2.75, 3.05) is 20.8 Å². The second-order valence-electron chi connectivity index (χ2n) is 4.99. The summed E-state index contributed by atoms with van der Waals surface area (Å²) in [7, 11) is 3.25. The van der Waals surface area contributed by atoms with E-state index in [-0.39, 0.29) is 0 Å². The van der Waals surface area contributed by atoms with Crippen molar-refractivity contribution in [2.45, 2.75) is 32.2 Å². The predicted octanol–water partition coefficient (Wildman–Crippen LogP) is 2.23. The summed E-state index contributed by atoms with van der Waals surface area (Å²) in [6, 6.07) is 5.72. The monoisotopic (exact) mass is 281 g/mol. The van der Waals surface area contributed by atoms with Crippen LogP contribution in [-0.2, 0) is 4.79 Å². The number of aliphatic carboxylic acids is 1. The maximum atomic E-state index is 11.1. The van der Waals surface area contributed by atoms with E-state index in [1.165, 1.54) is 0 Å². The van der Waals surface area contributed by atoms with Crippen LogP contribution in [0.25, 0.3) is 0 Å². The van der Waals surface area contributed by atoms with Crippen molar-refractivity contribution in [3.8, 4) is 11.5 Å². The van der Waals surface area contributed by atoms with E-state index in [2.05, 4.69) is 5.32 Å². The Kier molecular flexibility index (Phi) is 5.82. The highest BCUT2D eigenvalue weighted by Crippen LogP contribution is 2.28. The molecule has 0 heterocycles. The number of hydrogen-bond donors (Lipinski definition) is 2. The predicted molar refractivity (Wildman–Crippen MR) is 77.6 cm³/mol. The molecule has 5 heteroatoms. The summed E-state index contributed by atoms with van der Waals surface area (Å²) in [5.74, 6) is 0.520. The second kappa shape index (κ2) is 7.14. The fourth-order valence-electron chi connectivity index (χ4n) is 1.84. The minimum Gasteiger partial charge on any atom is -0.493 e. The fourth-order valence-corrected chi connectivity index (χ4v) is 1.84. The van der Waals surface area contributed by atoms with E-state index in [0.29, 0.717) is 30.9 Å². The molecule has 1 atom stereocenters. The van der Waals surface area contributed by atoms with Gasteiger partial charge in [0, 0.05) is 0 Å². The molecule has 0 amide bonds. The highest BCUT2D eigenvalue weighted by molar-refractivity contribution is 5.78. The second-order valence-corrected chi connectivity index (χ2v) is 4.99. The van der Waals surface area contributed by atoms with E-state index < -0.39 is 11.5 Å². The molecule has 0 radical (unpaired) electrons. The van der Waals surface area contributed by atoms with E-state index >= 15 is 0 Å². The molecule has 112 valence electrons. The van der Waals surface area contributed by atoms with Crippen LogP contribution < -0.4 is 14.8 Å². The Morgan fingerprint density at radius 2 is 2.10 bits per heavy atom. The van der Waals surface area contributed by atoms with Gasteiger partial charge in [-0.3, -0.25) is 4.79 Å². The number of carbonyl (C=O) groups is 1. The van der Waals surface area contributed by atoms with E-state index in [4.69, 9.17) is 14.6 Å². The van der Waals surface area contributed by atoms with Gasteiger partial charge < -0.3 is 19.9 Å². The van der Waals surface area contributed by atoms with E-state index in [0.717, 1.165) is 5.56 Å². The molecule has 0 aliphatic heterocycles. The number of likely N-dealkylation sites (N-methyl/N-ethyl adjacent to an activating group) is 1. The van der Waals surface area contributed by atoms with Gasteiger partial charge in [0.25, 0.3) is 0 Å². The van der Waals surface area contributed by atoms with Crippen LogP contribution >= 0.6 is 0 Å². The SMILES string of the molecule is CNC(C)(CCCOc1ccc(C)cc1OC)C(=O)O. The van der Waals surface area contributed by atoms with Crippen LogP contribution in [0.15, 0.2) is 18.2 Å². The van der Waals surface area contributed by atoms with Crippen molar-refractivity contribution in [1.29, 1.82) is 0 Å². The maximum absolute atomic E-state index is 11.1. The number of carboxylic acid groups (broad SMARTS) is 1. The third-order valence-corrected chi connectivity index (χ3v) is 3.42. The molecule has 1 unspecified atom stereocenters. The summed E-state index contributed by atoms with van der Waals surface area (Å²) in [4.78, 5) is 11.1. The minimum absolute atomic E-state index is 0.448. The Labute approximate surface area is 119 Å². The molecule has 0 saturated carbocycles. The highest BCUT2D eigenvalue weighted by Gasteiger charge is 2.30. The topological polar surface area (TPSA) is 67.8 Å². The zero-order valence-electron chi connectivity index (χ0n) is 12.5. The zero-order valence-corrected chi connectivity index (χ0v) is 12.5. The third kappa shape index (κ3) is 4.13. The molecule has 0 spiro atoms. The molecule has 1 aromatic carbocycles. The largest absolute Gasteiger partial charge is 0.493 e. The van der Waals surface area contributed by atoms with Crippen molar-refractivity contribution >= 4 is 5.97 Å². The van der Waals surface area contributed by atoms with Gasteiger partial charge in [0.05, 0.1) is 13.7 Å². The molecule has 1 rings (SSSR count). The van der Waals surface area contributed by atoms with Gasteiger partial charge in [-0.15, -0.1) is 0 Å². The van der Waals surface area contributed by atoms with Gasteiger partial charge in [-0.25, -0.2) is 0 Å². The lowest BCUT2D eigenvalue weighted by Gasteiger charge is -2.24. The first-order chi connectivity index (χ1) is 9.42. The van der Waals surface area contributed by atoms with E-state index in [1.54, 1.807) is 21.1 Å². The van der Waals surface area contributed by atoms with Gasteiger partial charge >= 0.3 is 5.97 Å². The molecule has 1 aromatic rings. The first-order valence-electron chi connectivity index (χ1n) is 6.62. The highest BCUT2D eigenvalue weighted by atomic mass is 16.5. The lowest BCUT2D eigenvalue weighted by atomic mass is 9.96. The van der Waals surface area contributed by atoms with Crippen molar-refractivity contribution in [3.63, 3.8) is 0 Å². The van der Waals surface area contributed by atoms with Crippen molar-refractivity contribution < 1.29 is 19.4 Å². The molecular formula is C15H23NO4. The quantitative estimate of drug-likeness (QED) is 0.715. The maximum Gasteiger partial charge on any atom is 0.323 e. The van der Waals surface area contributed by atoms with E-state index in [1.807, 2.05) is 25.1 Å². The van der Waals surface area contributed by atoms with Gasteiger partial charge in [0.15, 0.2) is 11.5 Å². The normalized spacial score (nSPS) is 13.6. The Bertz CT molecular complexity index is 461. The van der Waals surface area contributed by atoms with E-state index in [9.17, 15) is 4.79 Å². The molecule has 0 aliphatic carbocycles. The summed E-state index contributed by atoms with van der Waals surface area (Å²) < 4.78 is 10.9. The number of carboxylic acids is 1. The standard InChI is InChI=1S/C15H23NO4/c1-11-6-7-12(13(10-11)19-4)20-9-5-8-15(2,16-3)14(17)18/h6-7,10,16H,5,8-9H2,1-4H3,(H,17,18). The molecule has 0 saturated heterocycles. The molecule has 0 fully saturated rings. The van der Waals surface area contributed by atoms with Crippen LogP contribution in [0.3, 0.4) is 0 Å². The zero-order chi connectivity index (χ0) is 15.2. The molecule has 2 N–H and O–H groups in total. The molecule has 0 aromatic heterocycles. The Hall–Kier alpha value is -1.75. The molecule has 0 bridgehead atoms. The Morgan fingerprint density at radius 1 is 1.40 bits per heavy atom. The van der Waals surface area contributed by atoms with Crippen LogP contribution in [0.4, 0.5) is 0 Å². The number of methoxy groups -OCH3 is 1. The summed E-state index contributed by atoms with van der Waals surface area (Å²) in [6.45, 7) is 4.10. The van der Waals surface area contributed by atoms with Gasteiger partial charge in [-0.05, 0) is 51.4 Å². The number of nitrogens with one attached hydrogen (secondary N) is 1. The smallest absolute Gasteiger partial charge is 0.323 e. The molecule has 5 nitrogen and oxygen atoms in total. The molecular weight excluding hydrogens is 258 g/mol. The van der Waals surface area contributed by atoms with Crippen molar-refractivity contribution in [3.05, 3.63) is 23.8 Å². The summed E-state index contributed by atoms with van der Waals surface area (Å²) in [5, 5.41) is 12.0. The Balaban J connectivity index is 2.51. The van der Waals surface area contributed by atoms with Crippen molar-refractivity contribution in [2.24, 2.45) is 0 Å². The lowest BCUT2D eigenvalue weighted by Crippen LogP contribution is -2.47. The number of benzene rings is 1. The number of rotatable bonds is 8. The summed E-state index contributed by atoms with van der Waals surface area (Å²) in [6.07, 6.45) is 1.13. The Morgan fingerprint density at radius 3 is 2.65 bits per heavy atom. The number of ether oxygens (including phenoxy) is 2. The number of aryl methyl sites for hydroxylation is 1. The molecule has 0 aliphatic rings. The minimum atomic E-state index is -0.916. The average molecular weight is 281 g/mol. The first-order valence-corrected chi connectivity index (χ1v) is 6.62. The first kappa shape index (κ1) is 16.3. The van der Waals surface area contributed by atoms with Gasteiger partial charge in [0.1, 0.15) is 5.54 Å². The number of hydrogen-bond acceptors (Lipinski definition) is 4. The average Bonchev–Trinajstić information content (AvgIpc) is 2.44. The van der Waals surface area contributed by atoms with Crippen LogP contribution in [0, 0.1) is 6.92 Å². The lowest BCUT2D eigenvalue weighted by molar-refractivity contribution is -0.144. The van der Waals surface area contributed by atoms with Crippen LogP contribution in [0.1, 0.15) is 25.3 Å². The van der Waals surface area contributed by atoms with Crippen LogP contribution in [-0.4, -0.2) is 37.4 Å². The summed E-state index contributed by atoms with van der Waals surface area (Å²) in [5.41, 5.74) is 0.184.